The van der Waals surface area contributed by atoms with Gasteiger partial charge < -0.3 is 20.3 Å². The van der Waals surface area contributed by atoms with E-state index in [1.54, 1.807) is 43.9 Å². The number of piperidine rings is 1. The topological polar surface area (TPSA) is 87.7 Å². The molecule has 8 heteroatoms. The van der Waals surface area contributed by atoms with Crippen molar-refractivity contribution in [3.8, 4) is 0 Å². The molecule has 2 N–H and O–H groups in total. The number of benzene rings is 1. The Morgan fingerprint density at radius 3 is 2.57 bits per heavy atom. The molecule has 1 aliphatic rings. The third kappa shape index (κ3) is 8.63. The SMILES string of the molecule is CC(C)(C)OC(=O)NCCC(=O)NC1CCN(C(=O)/C=C/c2cccc(F)c2)CC1. The minimum Gasteiger partial charge on any atom is -0.444 e. The van der Waals surface area contributed by atoms with E-state index >= 15 is 0 Å². The van der Waals surface area contributed by atoms with E-state index in [0.717, 1.165) is 0 Å². The Labute approximate surface area is 176 Å². The molecule has 1 saturated heterocycles. The molecule has 164 valence electrons. The highest BCUT2D eigenvalue weighted by atomic mass is 19.1. The number of hydrogen-bond donors (Lipinski definition) is 2. The molecule has 1 heterocycles. The van der Waals surface area contributed by atoms with Gasteiger partial charge in [0.15, 0.2) is 0 Å². The van der Waals surface area contributed by atoms with Gasteiger partial charge in [0.05, 0.1) is 0 Å². The van der Waals surface area contributed by atoms with Crippen LogP contribution >= 0.6 is 0 Å². The number of rotatable bonds is 6. The second-order valence-corrected chi connectivity index (χ2v) is 8.23. The number of alkyl carbamates (subject to hydrolysis) is 1. The molecular formula is C22H30FN3O4. The normalized spacial score (nSPS) is 15.1. The minimum absolute atomic E-state index is 0.00437. The molecule has 2 rings (SSSR count). The molecule has 0 radical (unpaired) electrons. The fraction of sp³-hybridized carbons (Fsp3) is 0.500. The zero-order valence-electron chi connectivity index (χ0n) is 17.7. The molecule has 0 atom stereocenters. The van der Waals surface area contributed by atoms with Gasteiger partial charge in [0.25, 0.3) is 0 Å². The average molecular weight is 419 g/mol. The van der Waals surface area contributed by atoms with Crippen LogP contribution in [0.4, 0.5) is 9.18 Å². The predicted molar refractivity (Wildman–Crippen MR) is 112 cm³/mol. The van der Waals surface area contributed by atoms with Crippen molar-refractivity contribution < 1.29 is 23.5 Å². The first kappa shape index (κ1) is 23.4. The number of carbonyl (C=O) groups excluding carboxylic acids is 3. The summed E-state index contributed by atoms with van der Waals surface area (Å²) >= 11 is 0. The molecule has 3 amide bonds. The summed E-state index contributed by atoms with van der Waals surface area (Å²) in [5, 5.41) is 5.49. The van der Waals surface area contributed by atoms with Crippen LogP contribution in [0, 0.1) is 5.82 Å². The quantitative estimate of drug-likeness (QED) is 0.694. The standard InChI is InChI=1S/C22H30FN3O4/c1-22(2,3)30-21(29)24-12-9-19(27)25-18-10-13-26(14-11-18)20(28)8-7-16-5-4-6-17(23)15-16/h4-8,15,18H,9-14H2,1-3H3,(H,24,29)(H,25,27)/b8-7+. The molecule has 0 unspecified atom stereocenters. The third-order valence-corrected chi connectivity index (χ3v) is 4.46. The number of carbonyl (C=O) groups is 3. The van der Waals surface area contributed by atoms with Crippen LogP contribution in [0.3, 0.4) is 0 Å². The van der Waals surface area contributed by atoms with E-state index in [1.807, 2.05) is 0 Å². The van der Waals surface area contributed by atoms with Gasteiger partial charge in [0.2, 0.25) is 11.8 Å². The van der Waals surface area contributed by atoms with E-state index in [4.69, 9.17) is 4.74 Å². The van der Waals surface area contributed by atoms with Gasteiger partial charge in [-0.15, -0.1) is 0 Å². The summed E-state index contributed by atoms with van der Waals surface area (Å²) in [4.78, 5) is 37.6. The van der Waals surface area contributed by atoms with Gasteiger partial charge in [-0.2, -0.15) is 0 Å². The van der Waals surface area contributed by atoms with Gasteiger partial charge in [-0.3, -0.25) is 9.59 Å². The summed E-state index contributed by atoms with van der Waals surface area (Å²) < 4.78 is 18.3. The number of amides is 3. The molecule has 0 aromatic heterocycles. The molecule has 0 spiro atoms. The zero-order valence-corrected chi connectivity index (χ0v) is 17.7. The van der Waals surface area contributed by atoms with Gasteiger partial charge >= 0.3 is 6.09 Å². The lowest BCUT2D eigenvalue weighted by Gasteiger charge is -2.31. The lowest BCUT2D eigenvalue weighted by molar-refractivity contribution is -0.127. The monoisotopic (exact) mass is 419 g/mol. The highest BCUT2D eigenvalue weighted by Gasteiger charge is 2.23. The third-order valence-electron chi connectivity index (χ3n) is 4.46. The van der Waals surface area contributed by atoms with Crippen molar-refractivity contribution in [2.45, 2.75) is 51.7 Å². The fourth-order valence-corrected chi connectivity index (χ4v) is 3.02. The van der Waals surface area contributed by atoms with E-state index in [-0.39, 0.29) is 36.6 Å². The first-order valence-corrected chi connectivity index (χ1v) is 10.1. The maximum absolute atomic E-state index is 13.2. The van der Waals surface area contributed by atoms with Crippen molar-refractivity contribution in [1.29, 1.82) is 0 Å². The highest BCUT2D eigenvalue weighted by molar-refractivity contribution is 5.91. The first-order valence-electron chi connectivity index (χ1n) is 10.1. The molecular weight excluding hydrogens is 389 g/mol. The van der Waals surface area contributed by atoms with Crippen molar-refractivity contribution in [3.63, 3.8) is 0 Å². The Bertz CT molecular complexity index is 781. The zero-order chi connectivity index (χ0) is 22.1. The predicted octanol–water partition coefficient (Wildman–Crippen LogP) is 2.86. The fourth-order valence-electron chi connectivity index (χ4n) is 3.02. The summed E-state index contributed by atoms with van der Waals surface area (Å²) in [6.07, 6.45) is 3.96. The van der Waals surface area contributed by atoms with E-state index < -0.39 is 11.7 Å². The number of nitrogens with zero attached hydrogens (tertiary/aromatic N) is 1. The summed E-state index contributed by atoms with van der Waals surface area (Å²) in [6.45, 7) is 6.58. The largest absolute Gasteiger partial charge is 0.444 e. The number of hydrogen-bond acceptors (Lipinski definition) is 4. The Balaban J connectivity index is 1.67. The Kier molecular flexibility index (Phi) is 8.38. The van der Waals surface area contributed by atoms with Gasteiger partial charge in [-0.1, -0.05) is 12.1 Å². The molecule has 1 aromatic carbocycles. The molecule has 1 aliphatic heterocycles. The Morgan fingerprint density at radius 1 is 1.23 bits per heavy atom. The van der Waals surface area contributed by atoms with Crippen LogP contribution in [-0.2, 0) is 14.3 Å². The molecule has 1 aromatic rings. The van der Waals surface area contributed by atoms with Gasteiger partial charge in [-0.25, -0.2) is 9.18 Å². The van der Waals surface area contributed by atoms with Crippen molar-refractivity contribution >= 4 is 24.0 Å². The van der Waals surface area contributed by atoms with Crippen molar-refractivity contribution in [1.82, 2.24) is 15.5 Å². The van der Waals surface area contributed by atoms with Gasteiger partial charge in [0.1, 0.15) is 11.4 Å². The van der Waals surface area contributed by atoms with Crippen LogP contribution in [0.15, 0.2) is 30.3 Å². The molecule has 0 aliphatic carbocycles. The maximum Gasteiger partial charge on any atom is 0.407 e. The van der Waals surface area contributed by atoms with E-state index in [9.17, 15) is 18.8 Å². The van der Waals surface area contributed by atoms with Crippen LogP contribution in [0.5, 0.6) is 0 Å². The smallest absolute Gasteiger partial charge is 0.407 e. The number of ether oxygens (including phenoxy) is 1. The summed E-state index contributed by atoms with van der Waals surface area (Å²) in [7, 11) is 0. The van der Waals surface area contributed by atoms with Crippen LogP contribution in [0.1, 0.15) is 45.6 Å². The second-order valence-electron chi connectivity index (χ2n) is 8.23. The van der Waals surface area contributed by atoms with Gasteiger partial charge in [-0.05, 0) is 57.4 Å². The van der Waals surface area contributed by atoms with Crippen LogP contribution in [-0.4, -0.2) is 54.1 Å². The number of likely N-dealkylation sites (tertiary alicyclic amines) is 1. The van der Waals surface area contributed by atoms with Crippen molar-refractivity contribution in [2.24, 2.45) is 0 Å². The average Bonchev–Trinajstić information content (AvgIpc) is 2.65. The highest BCUT2D eigenvalue weighted by Crippen LogP contribution is 2.12. The maximum atomic E-state index is 13.2. The Morgan fingerprint density at radius 2 is 1.93 bits per heavy atom. The molecule has 7 nitrogen and oxygen atoms in total. The molecule has 0 bridgehead atoms. The summed E-state index contributed by atoms with van der Waals surface area (Å²) in [5.41, 5.74) is 0.0509. The lowest BCUT2D eigenvalue weighted by Crippen LogP contribution is -2.46. The second kappa shape index (κ2) is 10.8. The molecule has 30 heavy (non-hydrogen) atoms. The van der Waals surface area contributed by atoms with Crippen LogP contribution in [0.2, 0.25) is 0 Å². The Hall–Kier alpha value is -2.90. The minimum atomic E-state index is -0.579. The van der Waals surface area contributed by atoms with Crippen molar-refractivity contribution in [3.05, 3.63) is 41.7 Å². The summed E-state index contributed by atoms with van der Waals surface area (Å²) in [6, 6.07) is 6.04. The first-order chi connectivity index (χ1) is 14.1. The van der Waals surface area contributed by atoms with Crippen molar-refractivity contribution in [2.75, 3.05) is 19.6 Å². The van der Waals surface area contributed by atoms with E-state index in [2.05, 4.69) is 10.6 Å². The van der Waals surface area contributed by atoms with E-state index in [1.165, 1.54) is 18.2 Å². The van der Waals surface area contributed by atoms with Crippen LogP contribution in [0.25, 0.3) is 6.08 Å². The molecule has 1 fully saturated rings. The lowest BCUT2D eigenvalue weighted by atomic mass is 10.0. The summed E-state index contributed by atoms with van der Waals surface area (Å²) in [5.74, 6) is -0.630. The van der Waals surface area contributed by atoms with E-state index in [0.29, 0.717) is 31.5 Å². The molecule has 0 saturated carbocycles. The van der Waals surface area contributed by atoms with Crippen LogP contribution < -0.4 is 10.6 Å². The number of nitrogens with one attached hydrogen (secondary N) is 2. The number of halogens is 1. The van der Waals surface area contributed by atoms with Gasteiger partial charge in [0, 0.05) is 38.2 Å².